The molecule has 0 fully saturated rings. The third-order valence-electron chi connectivity index (χ3n) is 8.25. The number of hydrogen-bond donors (Lipinski definition) is 1. The Hall–Kier alpha value is -4.22. The van der Waals surface area contributed by atoms with Crippen LogP contribution in [0.2, 0.25) is 0 Å². The van der Waals surface area contributed by atoms with Gasteiger partial charge in [-0.25, -0.2) is 9.18 Å². The van der Waals surface area contributed by atoms with Crippen LogP contribution in [0.5, 0.6) is 5.75 Å². The van der Waals surface area contributed by atoms with Gasteiger partial charge in [0.2, 0.25) is 0 Å². The molecule has 0 radical (unpaired) electrons. The number of ether oxygens (including phenoxy) is 1. The van der Waals surface area contributed by atoms with E-state index in [-0.39, 0.29) is 5.69 Å². The number of rotatable bonds is 1. The van der Waals surface area contributed by atoms with E-state index in [1.807, 2.05) is 44.0 Å². The Morgan fingerprint density at radius 3 is 2.70 bits per heavy atom. The molecule has 2 aromatic heterocycles. The summed E-state index contributed by atoms with van der Waals surface area (Å²) in [5, 5.41) is 24.0. The maximum absolute atomic E-state index is 15.4. The molecule has 5 aromatic rings. The van der Waals surface area contributed by atoms with Crippen LogP contribution in [-0.2, 0) is 32.0 Å². The molecule has 11 heteroatoms. The van der Waals surface area contributed by atoms with Gasteiger partial charge in [-0.1, -0.05) is 24.3 Å². The molecule has 0 atom stereocenters. The van der Waals surface area contributed by atoms with Gasteiger partial charge in [0, 0.05) is 77.2 Å². The largest absolute Gasteiger partial charge is 0.493 e. The highest BCUT2D eigenvalue weighted by Crippen LogP contribution is 2.35. The molecule has 8 nitrogen and oxygen atoms in total. The first-order chi connectivity index (χ1) is 22.2. The molecular weight excluding hydrogens is 622 g/mol. The van der Waals surface area contributed by atoms with E-state index in [4.69, 9.17) is 9.84 Å². The van der Waals surface area contributed by atoms with Crippen LogP contribution in [0.3, 0.4) is 0 Å². The zero-order valence-electron chi connectivity index (χ0n) is 26.3. The molecule has 1 N–H and O–H groups in total. The smallest absolute Gasteiger partial charge is 0.352 e. The number of hydrazone groups is 1. The van der Waals surface area contributed by atoms with Gasteiger partial charge in [-0.3, -0.25) is 9.69 Å². The number of carboxylic acid groups (broad SMARTS) is 1. The first-order valence-corrected chi connectivity index (χ1v) is 17.2. The number of benzene rings is 3. The molecule has 3 aromatic carbocycles. The molecule has 46 heavy (non-hydrogen) atoms. The molecule has 1 aliphatic rings. The van der Waals surface area contributed by atoms with E-state index in [1.54, 1.807) is 52.3 Å². The second-order valence-electron chi connectivity index (χ2n) is 11.3. The van der Waals surface area contributed by atoms with Crippen molar-refractivity contribution in [1.82, 2.24) is 19.4 Å². The molecule has 1 aliphatic heterocycles. The minimum Gasteiger partial charge on any atom is -0.493 e. The molecule has 0 spiro atoms. The molecule has 238 valence electrons. The number of carboxylic acids is 1. The van der Waals surface area contributed by atoms with Gasteiger partial charge in [-0.05, 0) is 67.1 Å². The fourth-order valence-corrected chi connectivity index (χ4v) is 7.50. The monoisotopic (exact) mass is 657 g/mol. The van der Waals surface area contributed by atoms with Gasteiger partial charge < -0.3 is 14.4 Å². The number of aryl methyl sites for hydroxylation is 3. The predicted molar refractivity (Wildman–Crippen MR) is 186 cm³/mol. The van der Waals surface area contributed by atoms with E-state index < -0.39 is 11.8 Å². The molecule has 0 saturated carbocycles. The predicted octanol–water partition coefficient (Wildman–Crippen LogP) is 7.73. The van der Waals surface area contributed by atoms with E-state index >= 15 is 4.39 Å². The Morgan fingerprint density at radius 1 is 1.04 bits per heavy atom. The summed E-state index contributed by atoms with van der Waals surface area (Å²) in [4.78, 5) is 13.6. The fourth-order valence-electron chi connectivity index (χ4n) is 5.88. The SMILES string of the molecule is C/C1=C\c2c(F)ccc3c(c(C(=O)O)n(C)c23)CCCOc2cc(cc3ccccc23)SCc2cc(nn2C)CSC/C=N/N1C. The average molecular weight is 658 g/mol. The summed E-state index contributed by atoms with van der Waals surface area (Å²) in [5.41, 5.74) is 4.58. The summed E-state index contributed by atoms with van der Waals surface area (Å²) in [7, 11) is 5.48. The molecule has 0 unspecified atom stereocenters. The summed E-state index contributed by atoms with van der Waals surface area (Å²) < 4.78 is 25.3. The zero-order valence-corrected chi connectivity index (χ0v) is 27.9. The van der Waals surface area contributed by atoms with Gasteiger partial charge >= 0.3 is 5.97 Å². The van der Waals surface area contributed by atoms with Crippen LogP contribution >= 0.6 is 23.5 Å². The number of aromatic nitrogens is 3. The maximum atomic E-state index is 15.4. The van der Waals surface area contributed by atoms with E-state index in [2.05, 4.69) is 35.4 Å². The Morgan fingerprint density at radius 2 is 1.87 bits per heavy atom. The lowest BCUT2D eigenvalue weighted by Crippen LogP contribution is -2.10. The van der Waals surface area contributed by atoms with Gasteiger partial charge in [0.05, 0.1) is 17.8 Å². The Bertz CT molecular complexity index is 2000. The molecule has 0 amide bonds. The maximum Gasteiger partial charge on any atom is 0.352 e. The van der Waals surface area contributed by atoms with Gasteiger partial charge in [0.1, 0.15) is 17.3 Å². The van der Waals surface area contributed by atoms with Crippen LogP contribution in [0, 0.1) is 5.82 Å². The highest BCUT2D eigenvalue weighted by atomic mass is 32.2. The summed E-state index contributed by atoms with van der Waals surface area (Å²) in [6.07, 6.45) is 4.61. The molecular formula is C35H36FN5O3S2. The first kappa shape index (κ1) is 31.7. The highest BCUT2D eigenvalue weighted by molar-refractivity contribution is 7.99. The van der Waals surface area contributed by atoms with Gasteiger partial charge in [0.25, 0.3) is 0 Å². The normalized spacial score (nSPS) is 17.0. The highest BCUT2D eigenvalue weighted by Gasteiger charge is 2.23. The Balaban J connectivity index is 1.38. The van der Waals surface area contributed by atoms with E-state index in [0.717, 1.165) is 55.4 Å². The van der Waals surface area contributed by atoms with Crippen LogP contribution in [0.1, 0.15) is 46.3 Å². The number of carbonyl (C=O) groups is 1. The van der Waals surface area contributed by atoms with Crippen LogP contribution in [0.25, 0.3) is 27.8 Å². The van der Waals surface area contributed by atoms with Crippen molar-refractivity contribution in [2.75, 3.05) is 19.4 Å². The van der Waals surface area contributed by atoms with Crippen molar-refractivity contribution >= 4 is 63.5 Å². The van der Waals surface area contributed by atoms with Crippen molar-refractivity contribution in [3.8, 4) is 5.75 Å². The zero-order chi connectivity index (χ0) is 32.4. The van der Waals surface area contributed by atoms with Crippen molar-refractivity contribution in [3.05, 3.63) is 94.3 Å². The lowest BCUT2D eigenvalue weighted by molar-refractivity contribution is 0.0685. The lowest BCUT2D eigenvalue weighted by atomic mass is 10.0. The number of aromatic carboxylic acids is 1. The second kappa shape index (κ2) is 13.6. The number of hydrogen-bond acceptors (Lipinski definition) is 7. The second-order valence-corrected chi connectivity index (χ2v) is 13.4. The van der Waals surface area contributed by atoms with Crippen molar-refractivity contribution in [2.45, 2.75) is 36.2 Å². The number of thioether (sulfide) groups is 2. The standard InChI is InChI=1S/C35H36FN5O3S2/c1-22-16-30-31(36)12-11-29-28(34(35(42)43)39(2)33(29)30)10-7-14-44-32-19-26(17-23-8-5-6-9-27(23)32)46-21-25-18-24(38-41(25)4)20-45-15-13-37-40(22)3/h5-6,8-9,11-13,16-19H,7,10,14-15,20-21H2,1-4H3,(H,42,43)/b22-16+,37-13+. The van der Waals surface area contributed by atoms with E-state index in [9.17, 15) is 9.90 Å². The molecule has 8 bridgehead atoms. The first-order valence-electron chi connectivity index (χ1n) is 15.1. The quantitative estimate of drug-likeness (QED) is 0.198. The van der Waals surface area contributed by atoms with E-state index in [1.165, 1.54) is 6.07 Å². The fraction of sp³-hybridized carbons (Fsp3) is 0.286. The van der Waals surface area contributed by atoms with Crippen LogP contribution < -0.4 is 4.74 Å². The molecule has 0 aliphatic carbocycles. The molecule has 6 rings (SSSR count). The van der Waals surface area contributed by atoms with E-state index in [0.29, 0.717) is 41.8 Å². The Labute approximate surface area is 275 Å². The van der Waals surface area contributed by atoms with Crippen LogP contribution in [-0.4, -0.2) is 56.1 Å². The molecule has 3 heterocycles. The number of fused-ring (bicyclic) bond motifs is 6. The number of nitrogens with zero attached hydrogens (tertiary/aromatic N) is 5. The third-order valence-corrected chi connectivity index (χ3v) is 10.1. The third kappa shape index (κ3) is 6.52. The topological polar surface area (TPSA) is 84.9 Å². The number of halogens is 1. The number of allylic oxidation sites excluding steroid dienone is 1. The minimum absolute atomic E-state index is 0.156. The Kier molecular flexibility index (Phi) is 9.42. The molecule has 0 saturated heterocycles. The van der Waals surface area contributed by atoms with Gasteiger partial charge in [-0.2, -0.15) is 10.2 Å². The summed E-state index contributed by atoms with van der Waals surface area (Å²) >= 11 is 3.46. The van der Waals surface area contributed by atoms with Gasteiger partial charge in [0.15, 0.2) is 0 Å². The summed E-state index contributed by atoms with van der Waals surface area (Å²) in [6, 6.07) is 17.7. The average Bonchev–Trinajstić information content (AvgIpc) is 3.53. The summed E-state index contributed by atoms with van der Waals surface area (Å²) in [6.45, 7) is 2.25. The van der Waals surface area contributed by atoms with Crippen molar-refractivity contribution in [1.29, 1.82) is 0 Å². The van der Waals surface area contributed by atoms with Crippen molar-refractivity contribution in [2.24, 2.45) is 19.2 Å². The minimum atomic E-state index is -1.05. The van der Waals surface area contributed by atoms with Crippen molar-refractivity contribution in [3.63, 3.8) is 0 Å². The lowest BCUT2D eigenvalue weighted by Gasteiger charge is -2.14. The van der Waals surface area contributed by atoms with Crippen molar-refractivity contribution < 1.29 is 19.0 Å². The van der Waals surface area contributed by atoms with Gasteiger partial charge in [-0.15, -0.1) is 23.5 Å². The van der Waals surface area contributed by atoms with Crippen LogP contribution in [0.4, 0.5) is 4.39 Å². The van der Waals surface area contributed by atoms with Crippen LogP contribution in [0.15, 0.2) is 70.3 Å². The summed E-state index contributed by atoms with van der Waals surface area (Å²) in [5.74, 6) is 1.54.